The molecule has 109 valence electrons. The maximum Gasteiger partial charge on any atom is 0.533 e. The molecule has 0 aliphatic rings. The van der Waals surface area contributed by atoms with Gasteiger partial charge in [0.05, 0.1) is 5.69 Å². The van der Waals surface area contributed by atoms with Crippen LogP contribution in [0.25, 0.3) is 32.8 Å². The largest absolute Gasteiger partial charge is 0.533 e. The molecule has 1 radical (unpaired) electrons. The van der Waals surface area contributed by atoms with Gasteiger partial charge in [-0.05, 0) is 34.7 Å². The number of hydrogen-bond donors (Lipinski definition) is 0. The first-order valence-corrected chi connectivity index (χ1v) is 8.60. The minimum atomic E-state index is -1.24. The fourth-order valence-corrected chi connectivity index (χ4v) is 3.63. The lowest BCUT2D eigenvalue weighted by Gasteiger charge is -2.12. The van der Waals surface area contributed by atoms with E-state index in [1.54, 1.807) is 0 Å². The summed E-state index contributed by atoms with van der Waals surface area (Å²) in [6.07, 6.45) is 1.82. The summed E-state index contributed by atoms with van der Waals surface area (Å²) in [7, 11) is 0. The van der Waals surface area contributed by atoms with Gasteiger partial charge in [-0.25, -0.2) is 0 Å². The summed E-state index contributed by atoms with van der Waals surface area (Å²) in [5, 5.41) is 4.65. The highest BCUT2D eigenvalue weighted by Gasteiger charge is 2.13. The molecule has 4 aromatic rings. The second kappa shape index (κ2) is 5.77. The summed E-state index contributed by atoms with van der Waals surface area (Å²) < 4.78 is 14.3. The third-order valence-corrected chi connectivity index (χ3v) is 4.99. The predicted molar refractivity (Wildman–Crippen MR) is 95.9 cm³/mol. The Morgan fingerprint density at radius 2 is 1.74 bits per heavy atom. The van der Waals surface area contributed by atoms with Crippen LogP contribution in [0.4, 0.5) is 3.52 Å². The van der Waals surface area contributed by atoms with Gasteiger partial charge in [-0.3, -0.25) is 4.98 Å². The van der Waals surface area contributed by atoms with Gasteiger partial charge >= 0.3 is 15.7 Å². The Hall–Kier alpha value is -2.21. The molecule has 0 fully saturated rings. The number of benzene rings is 3. The summed E-state index contributed by atoms with van der Waals surface area (Å²) in [5.41, 5.74) is 2.91. The van der Waals surface area contributed by atoms with E-state index in [2.05, 4.69) is 29.2 Å². The highest BCUT2D eigenvalue weighted by Crippen LogP contribution is 2.31. The summed E-state index contributed by atoms with van der Waals surface area (Å²) >= 11 is -1.24. The van der Waals surface area contributed by atoms with Crippen molar-refractivity contribution < 1.29 is 3.52 Å². The molecule has 0 bridgehead atoms. The van der Waals surface area contributed by atoms with Gasteiger partial charge in [0, 0.05) is 11.6 Å². The van der Waals surface area contributed by atoms with Crippen molar-refractivity contribution in [3.63, 3.8) is 0 Å². The van der Waals surface area contributed by atoms with Crippen molar-refractivity contribution in [2.45, 2.75) is 6.92 Å². The first-order valence-electron chi connectivity index (χ1n) is 7.59. The van der Waals surface area contributed by atoms with Crippen LogP contribution in [0.1, 0.15) is 5.56 Å². The molecule has 0 saturated heterocycles. The number of rotatable bonds is 2. The van der Waals surface area contributed by atoms with Gasteiger partial charge < -0.3 is 3.52 Å². The molecule has 3 aromatic carbocycles. The van der Waals surface area contributed by atoms with Crippen LogP contribution in [0.3, 0.4) is 0 Å². The lowest BCUT2D eigenvalue weighted by atomic mass is 9.98. The van der Waals surface area contributed by atoms with E-state index >= 15 is 0 Å². The van der Waals surface area contributed by atoms with Crippen molar-refractivity contribution in [3.05, 3.63) is 72.4 Å². The second-order valence-electron chi connectivity index (χ2n) is 5.74. The topological polar surface area (TPSA) is 12.9 Å². The third-order valence-electron chi connectivity index (χ3n) is 4.25. The van der Waals surface area contributed by atoms with Gasteiger partial charge in [-0.15, -0.1) is 0 Å². The van der Waals surface area contributed by atoms with E-state index in [0.717, 1.165) is 32.0 Å². The van der Waals surface area contributed by atoms with Gasteiger partial charge in [0.25, 0.3) is 0 Å². The fourth-order valence-electron chi connectivity index (χ4n) is 3.12. The number of nitrogens with zero attached hydrogens (tertiary/aromatic N) is 1. The molecule has 1 aromatic heterocycles. The smallest absolute Gasteiger partial charge is 0.424 e. The van der Waals surface area contributed by atoms with Gasteiger partial charge in [0.2, 0.25) is 0 Å². The van der Waals surface area contributed by atoms with Crippen LogP contribution in [0, 0.1) is 6.92 Å². The molecule has 4 rings (SSSR count). The summed E-state index contributed by atoms with van der Waals surface area (Å²) in [5.74, 6) is 0. The fraction of sp³-hybridized carbons (Fsp3) is 0.0500. The van der Waals surface area contributed by atoms with E-state index < -0.39 is 15.7 Å². The van der Waals surface area contributed by atoms with Crippen molar-refractivity contribution in [1.82, 2.24) is 4.98 Å². The number of aromatic nitrogens is 1. The third kappa shape index (κ3) is 2.43. The van der Waals surface area contributed by atoms with Crippen molar-refractivity contribution >= 4 is 41.6 Å². The Balaban J connectivity index is 2.09. The Labute approximate surface area is 141 Å². The number of hydrogen-bond acceptors (Lipinski definition) is 1. The zero-order chi connectivity index (χ0) is 15.8. The average molecular weight is 314 g/mol. The number of pyridine rings is 1. The van der Waals surface area contributed by atoms with Gasteiger partial charge in [-0.2, -0.15) is 0 Å². The van der Waals surface area contributed by atoms with Gasteiger partial charge in [-0.1, -0.05) is 64.6 Å². The number of halogens is 1. The summed E-state index contributed by atoms with van der Waals surface area (Å²) in [6, 6.07) is 20.5. The second-order valence-corrected chi connectivity index (χ2v) is 6.58. The van der Waals surface area contributed by atoms with Crippen LogP contribution in [0.2, 0.25) is 0 Å². The van der Waals surface area contributed by atoms with E-state index in [4.69, 9.17) is 0 Å². The standard InChI is InChI=1S/C20H14N.Al.FH/c1-14-5-4-7-16(13-14)20-19-10-9-15-6-2-3-8-17(15)18(19)11-12-21-20;;/h2-6,8-13H,1H3;;1H/q;+1;/p-1. The van der Waals surface area contributed by atoms with Crippen LogP contribution < -0.4 is 4.43 Å². The van der Waals surface area contributed by atoms with Crippen LogP contribution >= 0.6 is 0 Å². The average Bonchev–Trinajstić information content (AvgIpc) is 2.61. The summed E-state index contributed by atoms with van der Waals surface area (Å²) in [6.45, 7) is 2.03. The molecule has 0 aliphatic carbocycles. The molecular formula is C20H14AlFN. The van der Waals surface area contributed by atoms with E-state index in [-0.39, 0.29) is 0 Å². The predicted octanol–water partition coefficient (Wildman–Crippen LogP) is 4.58. The van der Waals surface area contributed by atoms with Crippen molar-refractivity contribution in [2.75, 3.05) is 0 Å². The minimum Gasteiger partial charge on any atom is -0.424 e. The van der Waals surface area contributed by atoms with Crippen LogP contribution in [-0.4, -0.2) is 20.7 Å². The molecule has 0 spiro atoms. The van der Waals surface area contributed by atoms with Crippen LogP contribution in [0.15, 0.2) is 66.9 Å². The SMILES string of the molecule is Cc1cc[c]([Al][F])c(-c2nccc3c2ccc2ccccc23)c1. The van der Waals surface area contributed by atoms with E-state index in [1.807, 2.05) is 49.5 Å². The molecule has 0 saturated carbocycles. The van der Waals surface area contributed by atoms with Crippen LogP contribution in [0.5, 0.6) is 0 Å². The first-order chi connectivity index (χ1) is 11.3. The Kier molecular flexibility index (Phi) is 3.61. The lowest BCUT2D eigenvalue weighted by molar-refractivity contribution is 0.885. The van der Waals surface area contributed by atoms with Crippen LogP contribution in [-0.2, 0) is 0 Å². The maximum absolute atomic E-state index is 13.5. The van der Waals surface area contributed by atoms with Crippen molar-refractivity contribution in [2.24, 2.45) is 0 Å². The molecule has 0 atom stereocenters. The highest BCUT2D eigenvalue weighted by molar-refractivity contribution is 6.49. The van der Waals surface area contributed by atoms with E-state index in [1.165, 1.54) is 10.8 Å². The quantitative estimate of drug-likeness (QED) is 0.390. The lowest BCUT2D eigenvalue weighted by Crippen LogP contribution is -2.13. The van der Waals surface area contributed by atoms with Gasteiger partial charge in [0.15, 0.2) is 0 Å². The molecule has 23 heavy (non-hydrogen) atoms. The molecular weight excluding hydrogens is 300 g/mol. The molecule has 0 amide bonds. The van der Waals surface area contributed by atoms with Gasteiger partial charge in [0.1, 0.15) is 0 Å². The Morgan fingerprint density at radius 1 is 0.870 bits per heavy atom. The highest BCUT2D eigenvalue weighted by atomic mass is 27.2. The van der Waals surface area contributed by atoms with E-state index in [9.17, 15) is 3.52 Å². The normalized spacial score (nSPS) is 11.0. The monoisotopic (exact) mass is 314 g/mol. The zero-order valence-electron chi connectivity index (χ0n) is 12.8. The molecule has 1 nitrogen and oxygen atoms in total. The van der Waals surface area contributed by atoms with E-state index in [0.29, 0.717) is 0 Å². The van der Waals surface area contributed by atoms with Crippen molar-refractivity contribution in [3.8, 4) is 11.3 Å². The molecule has 0 N–H and O–H groups in total. The molecule has 3 heteroatoms. The molecule has 0 aliphatic heterocycles. The summed E-state index contributed by atoms with van der Waals surface area (Å²) in [4.78, 5) is 4.58. The first kappa shape index (κ1) is 14.4. The molecule has 0 unspecified atom stereocenters. The number of fused-ring (bicyclic) bond motifs is 3. The Bertz CT molecular complexity index is 1030. The number of aryl methyl sites for hydroxylation is 1. The zero-order valence-corrected chi connectivity index (χ0v) is 13.9. The minimum absolute atomic E-state index is 0.767. The maximum atomic E-state index is 13.5. The Morgan fingerprint density at radius 3 is 2.61 bits per heavy atom. The van der Waals surface area contributed by atoms with Crippen molar-refractivity contribution in [1.29, 1.82) is 0 Å². The molecule has 1 heterocycles.